The molecule has 4 N–H and O–H groups in total. The van der Waals surface area contributed by atoms with Crippen LogP contribution in [0.5, 0.6) is 0 Å². The molecule has 7 nitrogen and oxygen atoms in total. The van der Waals surface area contributed by atoms with E-state index in [-0.39, 0.29) is 12.1 Å². The van der Waals surface area contributed by atoms with Crippen molar-refractivity contribution in [3.05, 3.63) is 29.8 Å². The molecule has 0 aromatic heterocycles. The number of carbonyl (C=O) groups excluding carboxylic acids is 3. The number of urea groups is 1. The van der Waals surface area contributed by atoms with Gasteiger partial charge in [0.25, 0.3) is 5.91 Å². The number of amides is 3. The zero-order valence-electron chi connectivity index (χ0n) is 13.8. The summed E-state index contributed by atoms with van der Waals surface area (Å²) in [4.78, 5) is 34.0. The Morgan fingerprint density at radius 3 is 2.60 bits per heavy atom. The fourth-order valence-electron chi connectivity index (χ4n) is 1.92. The quantitative estimate of drug-likeness (QED) is 0.464. The predicted octanol–water partition coefficient (Wildman–Crippen LogP) is 2.06. The Morgan fingerprint density at radius 2 is 1.92 bits per heavy atom. The third-order valence-electron chi connectivity index (χ3n) is 3.22. The van der Waals surface area contributed by atoms with Gasteiger partial charge in [-0.1, -0.05) is 6.42 Å². The number of carbonyl (C=O) groups is 3. The Hall–Kier alpha value is -2.71. The van der Waals surface area contributed by atoms with Crippen molar-refractivity contribution in [3.8, 4) is 0 Å². The van der Waals surface area contributed by atoms with E-state index in [4.69, 9.17) is 10.5 Å². The summed E-state index contributed by atoms with van der Waals surface area (Å²) in [6, 6.07) is 2.04. The van der Waals surface area contributed by atoms with Crippen LogP contribution >= 0.6 is 0 Å². The van der Waals surface area contributed by atoms with Crippen molar-refractivity contribution in [2.24, 2.45) is 5.73 Å². The molecule has 3 amide bonds. The molecule has 0 bridgehead atoms. The zero-order valence-corrected chi connectivity index (χ0v) is 13.8. The Bertz CT molecular complexity index is 625. The number of benzene rings is 1. The maximum absolute atomic E-state index is 13.5. The summed E-state index contributed by atoms with van der Waals surface area (Å²) >= 11 is 0. The van der Waals surface area contributed by atoms with Gasteiger partial charge in [-0.3, -0.25) is 9.59 Å². The Labute approximate surface area is 143 Å². The lowest BCUT2D eigenvalue weighted by Gasteiger charge is -2.14. The van der Waals surface area contributed by atoms with Gasteiger partial charge in [-0.05, 0) is 31.9 Å². The van der Waals surface area contributed by atoms with Crippen LogP contribution < -0.4 is 16.4 Å². The van der Waals surface area contributed by atoms with E-state index < -0.39 is 35.6 Å². The Kier molecular flexibility index (Phi) is 8.31. The summed E-state index contributed by atoms with van der Waals surface area (Å²) in [5.74, 6) is -2.83. The van der Waals surface area contributed by atoms with Gasteiger partial charge in [-0.15, -0.1) is 0 Å². The van der Waals surface area contributed by atoms with Crippen LogP contribution in [0.25, 0.3) is 0 Å². The van der Waals surface area contributed by atoms with Crippen LogP contribution in [0.4, 0.5) is 19.3 Å². The molecule has 0 unspecified atom stereocenters. The second-order valence-corrected chi connectivity index (χ2v) is 5.35. The lowest BCUT2D eigenvalue weighted by molar-refractivity contribution is -0.153. The van der Waals surface area contributed by atoms with Crippen LogP contribution in [0.1, 0.15) is 32.6 Å². The molecule has 0 aliphatic heterocycles. The van der Waals surface area contributed by atoms with Gasteiger partial charge in [-0.25, -0.2) is 13.6 Å². The van der Waals surface area contributed by atoms with E-state index in [0.29, 0.717) is 25.8 Å². The van der Waals surface area contributed by atoms with E-state index in [1.54, 1.807) is 0 Å². The number of hydrogen-bond acceptors (Lipinski definition) is 4. The number of esters is 1. The van der Waals surface area contributed by atoms with Crippen molar-refractivity contribution in [2.75, 3.05) is 11.9 Å². The number of primary amides is 1. The number of halogens is 2. The molecule has 0 radical (unpaired) electrons. The van der Waals surface area contributed by atoms with Gasteiger partial charge in [0.2, 0.25) is 0 Å². The van der Waals surface area contributed by atoms with Crippen molar-refractivity contribution < 1.29 is 27.9 Å². The molecular weight excluding hydrogens is 336 g/mol. The first kappa shape index (κ1) is 20.3. The zero-order chi connectivity index (χ0) is 18.8. The number of nitrogens with one attached hydrogen (secondary N) is 2. The summed E-state index contributed by atoms with van der Waals surface area (Å²) in [5, 5.41) is 4.59. The summed E-state index contributed by atoms with van der Waals surface area (Å²) in [5.41, 5.74) is 4.58. The number of ether oxygens (including phenoxy) is 1. The maximum Gasteiger partial charge on any atom is 0.312 e. The summed E-state index contributed by atoms with van der Waals surface area (Å²) in [7, 11) is 0. The minimum Gasteiger partial charge on any atom is -0.453 e. The maximum atomic E-state index is 13.5. The number of hydrogen-bond donors (Lipinski definition) is 3. The van der Waals surface area contributed by atoms with Crippen molar-refractivity contribution in [1.29, 1.82) is 0 Å². The minimum atomic E-state index is -1.15. The number of nitrogens with two attached hydrogens (primary N) is 1. The molecule has 1 aromatic rings. The van der Waals surface area contributed by atoms with Crippen LogP contribution in [0.15, 0.2) is 18.2 Å². The predicted molar refractivity (Wildman–Crippen MR) is 86.6 cm³/mol. The fourth-order valence-corrected chi connectivity index (χ4v) is 1.92. The largest absolute Gasteiger partial charge is 0.453 e. The summed E-state index contributed by atoms with van der Waals surface area (Å²) in [6.07, 6.45) is 0.802. The second-order valence-electron chi connectivity index (χ2n) is 5.35. The number of rotatable bonds is 9. The average Bonchev–Trinajstić information content (AvgIpc) is 2.53. The van der Waals surface area contributed by atoms with Crippen LogP contribution in [0.3, 0.4) is 0 Å². The van der Waals surface area contributed by atoms with E-state index in [1.165, 1.54) is 6.92 Å². The molecule has 9 heteroatoms. The first-order valence-electron chi connectivity index (χ1n) is 7.78. The third kappa shape index (κ3) is 8.09. The molecule has 0 saturated heterocycles. The van der Waals surface area contributed by atoms with Gasteiger partial charge in [0.15, 0.2) is 6.10 Å². The monoisotopic (exact) mass is 357 g/mol. The second kappa shape index (κ2) is 10.2. The Balaban J connectivity index is 2.31. The van der Waals surface area contributed by atoms with E-state index in [1.807, 2.05) is 0 Å². The molecule has 0 heterocycles. The van der Waals surface area contributed by atoms with E-state index in [9.17, 15) is 23.2 Å². The molecule has 0 fully saturated rings. The number of anilines is 1. The lowest BCUT2D eigenvalue weighted by Crippen LogP contribution is -2.30. The third-order valence-corrected chi connectivity index (χ3v) is 3.22. The first-order chi connectivity index (χ1) is 11.8. The highest BCUT2D eigenvalue weighted by Crippen LogP contribution is 2.16. The summed E-state index contributed by atoms with van der Waals surface area (Å²) in [6.45, 7) is 1.75. The van der Waals surface area contributed by atoms with Gasteiger partial charge >= 0.3 is 12.0 Å². The van der Waals surface area contributed by atoms with Crippen molar-refractivity contribution in [2.45, 2.75) is 38.7 Å². The number of unbranched alkanes of at least 4 members (excludes halogenated alkanes) is 2. The van der Waals surface area contributed by atoms with Gasteiger partial charge < -0.3 is 21.1 Å². The average molecular weight is 357 g/mol. The van der Waals surface area contributed by atoms with Crippen LogP contribution in [-0.4, -0.2) is 30.6 Å². The topological polar surface area (TPSA) is 111 Å². The van der Waals surface area contributed by atoms with Crippen LogP contribution in [0.2, 0.25) is 0 Å². The van der Waals surface area contributed by atoms with Crippen LogP contribution in [-0.2, 0) is 14.3 Å². The highest BCUT2D eigenvalue weighted by molar-refractivity contribution is 5.95. The molecule has 1 rings (SSSR count). The van der Waals surface area contributed by atoms with Crippen molar-refractivity contribution >= 4 is 23.6 Å². The van der Waals surface area contributed by atoms with Crippen molar-refractivity contribution in [3.63, 3.8) is 0 Å². The molecule has 0 saturated carbocycles. The SMILES string of the molecule is C[C@@H](OC(=O)CCCCCNC(N)=O)C(=O)Nc1cc(F)ccc1F. The fraction of sp³-hybridized carbons (Fsp3) is 0.438. The molecule has 1 aromatic carbocycles. The van der Waals surface area contributed by atoms with Gasteiger partial charge in [0, 0.05) is 19.0 Å². The standard InChI is InChI=1S/C16H21F2N3O4/c1-10(15(23)21-13-9-11(17)6-7-12(13)18)25-14(22)5-3-2-4-8-20-16(19)24/h6-7,9-10H,2-5,8H2,1H3,(H,21,23)(H3,19,20,24)/t10-/m1/s1. The lowest BCUT2D eigenvalue weighted by atomic mass is 10.2. The van der Waals surface area contributed by atoms with Gasteiger partial charge in [0.05, 0.1) is 5.69 Å². The minimum absolute atomic E-state index is 0.0997. The molecular formula is C16H21F2N3O4. The summed E-state index contributed by atoms with van der Waals surface area (Å²) < 4.78 is 31.4. The normalized spacial score (nSPS) is 11.5. The molecule has 0 spiro atoms. The van der Waals surface area contributed by atoms with E-state index >= 15 is 0 Å². The highest BCUT2D eigenvalue weighted by atomic mass is 19.1. The van der Waals surface area contributed by atoms with Crippen molar-refractivity contribution in [1.82, 2.24) is 5.32 Å². The molecule has 138 valence electrons. The Morgan fingerprint density at radius 1 is 1.20 bits per heavy atom. The molecule has 0 aliphatic rings. The van der Waals surface area contributed by atoms with E-state index in [2.05, 4.69) is 10.6 Å². The first-order valence-corrected chi connectivity index (χ1v) is 7.78. The highest BCUT2D eigenvalue weighted by Gasteiger charge is 2.19. The molecule has 1 atom stereocenters. The molecule has 25 heavy (non-hydrogen) atoms. The smallest absolute Gasteiger partial charge is 0.312 e. The van der Waals surface area contributed by atoms with Crippen LogP contribution in [0, 0.1) is 11.6 Å². The van der Waals surface area contributed by atoms with Gasteiger partial charge in [0.1, 0.15) is 11.6 Å². The molecule has 0 aliphatic carbocycles. The van der Waals surface area contributed by atoms with E-state index in [0.717, 1.165) is 18.2 Å². The van der Waals surface area contributed by atoms with Gasteiger partial charge in [-0.2, -0.15) is 0 Å².